The van der Waals surface area contributed by atoms with Gasteiger partial charge in [-0.2, -0.15) is 0 Å². The van der Waals surface area contributed by atoms with Gasteiger partial charge in [-0.15, -0.1) is 0 Å². The molecule has 0 saturated heterocycles. The topological polar surface area (TPSA) is 63.9 Å². The van der Waals surface area contributed by atoms with Gasteiger partial charge in [-0.3, -0.25) is 4.99 Å². The second-order valence-electron chi connectivity index (χ2n) is 12.7. The first-order chi connectivity index (χ1) is 25.2. The number of hydrogen-bond donors (Lipinski definition) is 1. The Morgan fingerprint density at radius 1 is 0.510 bits per heavy atom. The average Bonchev–Trinajstić information content (AvgIpc) is 3.58. The number of para-hydroxylation sites is 1. The van der Waals surface area contributed by atoms with Crippen LogP contribution in [-0.2, 0) is 6.54 Å². The molecule has 0 unspecified atom stereocenters. The van der Waals surface area contributed by atoms with Crippen LogP contribution in [0.25, 0.3) is 65.7 Å². The number of hydrogen-bond acceptors (Lipinski definition) is 2. The number of nitrogens with two attached hydrogens (primary N) is 1. The lowest BCUT2D eigenvalue weighted by atomic mass is 9.93. The zero-order valence-electron chi connectivity index (χ0n) is 27.8. The van der Waals surface area contributed by atoms with Crippen LogP contribution in [0.3, 0.4) is 0 Å². The van der Waals surface area contributed by atoms with E-state index in [-0.39, 0.29) is 0 Å². The fourth-order valence-corrected chi connectivity index (χ4v) is 7.14. The molecule has 0 spiro atoms. The Kier molecular flexibility index (Phi) is 7.67. The summed E-state index contributed by atoms with van der Waals surface area (Å²) in [6.07, 6.45) is 0. The van der Waals surface area contributed by atoms with Crippen LogP contribution in [0, 0.1) is 0 Å². The minimum atomic E-state index is 0.373. The molecule has 0 aliphatic heterocycles. The van der Waals surface area contributed by atoms with Crippen LogP contribution in [0.2, 0.25) is 0 Å². The largest absolute Gasteiger partial charge is 0.456 e. The quantitative estimate of drug-likeness (QED) is 0.143. The van der Waals surface area contributed by atoms with E-state index in [4.69, 9.17) is 20.1 Å². The molecule has 0 radical (unpaired) electrons. The third-order valence-corrected chi connectivity index (χ3v) is 9.59. The predicted molar refractivity (Wildman–Crippen MR) is 213 cm³/mol. The highest BCUT2D eigenvalue weighted by atomic mass is 16.3. The fourth-order valence-electron chi connectivity index (χ4n) is 7.14. The molecule has 0 aliphatic rings. The van der Waals surface area contributed by atoms with Gasteiger partial charge >= 0.3 is 0 Å². The van der Waals surface area contributed by atoms with Gasteiger partial charge in [0, 0.05) is 21.9 Å². The first-order valence-corrected chi connectivity index (χ1v) is 17.2. The van der Waals surface area contributed by atoms with E-state index in [9.17, 15) is 0 Å². The Balaban J connectivity index is 1.29. The smallest absolute Gasteiger partial charge is 0.157 e. The van der Waals surface area contributed by atoms with Crippen molar-refractivity contribution in [3.63, 3.8) is 0 Å². The van der Waals surface area contributed by atoms with Crippen molar-refractivity contribution >= 4 is 55.2 Å². The summed E-state index contributed by atoms with van der Waals surface area (Å²) >= 11 is 0. The highest BCUT2D eigenvalue weighted by Gasteiger charge is 2.21. The molecule has 1 aromatic heterocycles. The van der Waals surface area contributed by atoms with E-state index in [1.165, 1.54) is 5.39 Å². The second-order valence-corrected chi connectivity index (χ2v) is 12.7. The fraction of sp³-hybridized carbons (Fsp3) is 0.0213. The standard InChI is InChI=1S/C47H33N3O/c48-46(45-37(35-24-23-32-15-7-8-18-34(32)29-35)27-28-43-44(45)41-21-11-12-22-42(41)51-43)50-47(49-30-31-13-3-1-4-14-31)40-26-25-36(33-16-5-2-6-17-33)38-19-9-10-20-39(38)40/h1-29H,30H2,(H2,48,49,50). The molecule has 4 nitrogen and oxygen atoms in total. The maximum absolute atomic E-state index is 7.26. The van der Waals surface area contributed by atoms with Gasteiger partial charge in [-0.25, -0.2) is 4.99 Å². The molecule has 0 aliphatic carbocycles. The van der Waals surface area contributed by atoms with E-state index in [1.807, 2.05) is 48.5 Å². The molecule has 4 heteroatoms. The molecule has 8 aromatic carbocycles. The summed E-state index contributed by atoms with van der Waals surface area (Å²) in [5, 5.41) is 6.45. The Bertz CT molecular complexity index is 2780. The molecule has 0 amide bonds. The Labute approximate surface area is 295 Å². The maximum atomic E-state index is 7.26. The van der Waals surface area contributed by atoms with Crippen LogP contribution >= 0.6 is 0 Å². The van der Waals surface area contributed by atoms with Gasteiger partial charge in [-0.05, 0) is 79.7 Å². The Morgan fingerprint density at radius 3 is 2.00 bits per heavy atom. The van der Waals surface area contributed by atoms with Crippen molar-refractivity contribution < 1.29 is 4.42 Å². The van der Waals surface area contributed by atoms with Gasteiger partial charge in [0.25, 0.3) is 0 Å². The molecule has 0 saturated carbocycles. The van der Waals surface area contributed by atoms with Gasteiger partial charge in [0.1, 0.15) is 17.0 Å². The van der Waals surface area contributed by atoms with Gasteiger partial charge in [0.2, 0.25) is 0 Å². The van der Waals surface area contributed by atoms with Crippen molar-refractivity contribution in [3.05, 3.63) is 193 Å². The summed E-state index contributed by atoms with van der Waals surface area (Å²) < 4.78 is 6.37. The number of benzene rings is 8. The minimum absolute atomic E-state index is 0.373. The predicted octanol–water partition coefficient (Wildman–Crippen LogP) is 11.6. The minimum Gasteiger partial charge on any atom is -0.456 e. The van der Waals surface area contributed by atoms with Crippen molar-refractivity contribution in [2.75, 3.05) is 0 Å². The van der Waals surface area contributed by atoms with Crippen LogP contribution < -0.4 is 5.73 Å². The third kappa shape index (κ3) is 5.63. The number of fused-ring (bicyclic) bond motifs is 5. The summed E-state index contributed by atoms with van der Waals surface area (Å²) in [6.45, 7) is 0.456. The van der Waals surface area contributed by atoms with E-state index in [1.54, 1.807) is 0 Å². The normalized spacial score (nSPS) is 12.3. The Morgan fingerprint density at radius 2 is 1.18 bits per heavy atom. The maximum Gasteiger partial charge on any atom is 0.157 e. The summed E-state index contributed by atoms with van der Waals surface area (Å²) in [5.74, 6) is 0.944. The molecular weight excluding hydrogens is 623 g/mol. The summed E-state index contributed by atoms with van der Waals surface area (Å²) in [4.78, 5) is 10.5. The van der Waals surface area contributed by atoms with Crippen molar-refractivity contribution in [1.82, 2.24) is 0 Å². The summed E-state index contributed by atoms with van der Waals surface area (Å²) in [7, 11) is 0. The molecule has 2 N–H and O–H groups in total. The number of rotatable bonds is 6. The van der Waals surface area contributed by atoms with E-state index >= 15 is 0 Å². The summed E-state index contributed by atoms with van der Waals surface area (Å²) in [6, 6.07) is 60.7. The van der Waals surface area contributed by atoms with Gasteiger partial charge in [0.15, 0.2) is 5.84 Å². The van der Waals surface area contributed by atoms with E-state index in [2.05, 4.69) is 127 Å². The molecule has 0 atom stereocenters. The lowest BCUT2D eigenvalue weighted by Gasteiger charge is -2.15. The molecule has 0 bridgehead atoms. The Hall–Kier alpha value is -6.78. The second kappa shape index (κ2) is 12.9. The monoisotopic (exact) mass is 655 g/mol. The zero-order chi connectivity index (χ0) is 34.1. The molecular formula is C47H33N3O. The van der Waals surface area contributed by atoms with Gasteiger partial charge in [0.05, 0.1) is 6.54 Å². The first kappa shape index (κ1) is 30.3. The number of amidine groups is 2. The lowest BCUT2D eigenvalue weighted by Crippen LogP contribution is -2.18. The molecule has 9 rings (SSSR count). The molecule has 242 valence electrons. The van der Waals surface area contributed by atoms with Crippen LogP contribution in [0.5, 0.6) is 0 Å². The van der Waals surface area contributed by atoms with Crippen molar-refractivity contribution in [2.45, 2.75) is 6.54 Å². The van der Waals surface area contributed by atoms with Crippen molar-refractivity contribution in [1.29, 1.82) is 0 Å². The molecule has 51 heavy (non-hydrogen) atoms. The molecule has 9 aromatic rings. The highest BCUT2D eigenvalue weighted by molar-refractivity contribution is 6.25. The van der Waals surface area contributed by atoms with Crippen molar-refractivity contribution in [3.8, 4) is 22.3 Å². The summed E-state index contributed by atoms with van der Waals surface area (Å²) in [5.41, 5.74) is 16.0. The van der Waals surface area contributed by atoms with Crippen LogP contribution in [-0.4, -0.2) is 11.7 Å². The molecule has 0 fully saturated rings. The third-order valence-electron chi connectivity index (χ3n) is 9.59. The lowest BCUT2D eigenvalue weighted by molar-refractivity contribution is 0.669. The van der Waals surface area contributed by atoms with Crippen LogP contribution in [0.15, 0.2) is 190 Å². The van der Waals surface area contributed by atoms with E-state index in [0.29, 0.717) is 18.2 Å². The number of nitrogens with zero attached hydrogens (tertiary/aromatic N) is 2. The number of furan rings is 1. The average molecular weight is 656 g/mol. The van der Waals surface area contributed by atoms with Gasteiger partial charge < -0.3 is 10.2 Å². The van der Waals surface area contributed by atoms with Crippen LogP contribution in [0.1, 0.15) is 16.7 Å². The van der Waals surface area contributed by atoms with Gasteiger partial charge in [-0.1, -0.05) is 146 Å². The van der Waals surface area contributed by atoms with E-state index in [0.717, 1.165) is 77.0 Å². The SMILES string of the molecule is N/C(=N\C(=N/Cc1ccccc1)c1ccc(-c2ccccc2)c2ccccc12)c1c(-c2ccc3ccccc3c2)ccc2oc3ccccc3c12. The highest BCUT2D eigenvalue weighted by Crippen LogP contribution is 2.38. The number of aliphatic imine (C=N–C) groups is 2. The molecule has 1 heterocycles. The van der Waals surface area contributed by atoms with Crippen molar-refractivity contribution in [2.24, 2.45) is 15.7 Å². The van der Waals surface area contributed by atoms with E-state index < -0.39 is 0 Å². The van der Waals surface area contributed by atoms with Crippen LogP contribution in [0.4, 0.5) is 0 Å². The first-order valence-electron chi connectivity index (χ1n) is 17.2. The zero-order valence-corrected chi connectivity index (χ0v) is 27.8.